The van der Waals surface area contributed by atoms with Crippen LogP contribution in [0.15, 0.2) is 54.1 Å². The Morgan fingerprint density at radius 1 is 1.05 bits per heavy atom. The summed E-state index contributed by atoms with van der Waals surface area (Å²) in [7, 11) is 0. The van der Waals surface area contributed by atoms with Crippen LogP contribution in [0.4, 0.5) is 0 Å². The zero-order valence-electron chi connectivity index (χ0n) is 12.3. The molecule has 0 unspecified atom stereocenters. The molecule has 2 nitrogen and oxygen atoms in total. The van der Waals surface area contributed by atoms with Crippen LogP contribution in [0, 0.1) is 6.92 Å². The third kappa shape index (κ3) is 3.41. The van der Waals surface area contributed by atoms with Crippen LogP contribution in [0.5, 0.6) is 11.5 Å². The van der Waals surface area contributed by atoms with Gasteiger partial charge in [0.05, 0.1) is 0 Å². The Kier molecular flexibility index (Phi) is 4.46. The molecule has 2 aromatic carbocycles. The smallest absolute Gasteiger partial charge is 0.127 e. The van der Waals surface area contributed by atoms with E-state index < -0.39 is 0 Å². The van der Waals surface area contributed by atoms with Crippen molar-refractivity contribution in [3.8, 4) is 11.5 Å². The van der Waals surface area contributed by atoms with Crippen molar-refractivity contribution in [1.82, 2.24) is 0 Å². The molecule has 0 heterocycles. The first-order chi connectivity index (χ1) is 9.60. The predicted octanol–water partition coefficient (Wildman–Crippen LogP) is 4.89. The van der Waals surface area contributed by atoms with E-state index in [1.807, 2.05) is 42.5 Å². The largest absolute Gasteiger partial charge is 0.457 e. The fourth-order valence-electron chi connectivity index (χ4n) is 1.95. The highest BCUT2D eigenvalue weighted by molar-refractivity contribution is 5.65. The van der Waals surface area contributed by atoms with E-state index in [4.69, 9.17) is 10.5 Å². The maximum atomic E-state index is 6.11. The summed E-state index contributed by atoms with van der Waals surface area (Å²) >= 11 is 0. The quantitative estimate of drug-likeness (QED) is 0.856. The molecule has 0 amide bonds. The second-order valence-electron chi connectivity index (χ2n) is 4.99. The summed E-state index contributed by atoms with van der Waals surface area (Å²) in [4.78, 5) is 0. The predicted molar refractivity (Wildman–Crippen MR) is 84.8 cm³/mol. The first-order valence-electron chi connectivity index (χ1n) is 6.90. The van der Waals surface area contributed by atoms with E-state index in [1.54, 1.807) is 0 Å². The van der Waals surface area contributed by atoms with Crippen LogP contribution in [0.3, 0.4) is 0 Å². The average Bonchev–Trinajstić information content (AvgIpc) is 2.46. The highest BCUT2D eigenvalue weighted by Gasteiger charge is 2.02. The standard InChI is InChI=1S/C18H21NO/c1-4-14(3)18(19)15-8-10-16(11-9-15)20-17-7-5-6-13(2)12-17/h5-12H,4,19H2,1-3H3/b18-14-. The van der Waals surface area contributed by atoms with Gasteiger partial charge in [-0.3, -0.25) is 0 Å². The minimum atomic E-state index is 0.821. The maximum Gasteiger partial charge on any atom is 0.127 e. The lowest BCUT2D eigenvalue weighted by Crippen LogP contribution is -1.99. The topological polar surface area (TPSA) is 35.2 Å². The van der Waals surface area contributed by atoms with Gasteiger partial charge in [-0.15, -0.1) is 0 Å². The summed E-state index contributed by atoms with van der Waals surface area (Å²) in [6.07, 6.45) is 0.966. The van der Waals surface area contributed by atoms with Gasteiger partial charge in [-0.05, 0) is 67.8 Å². The van der Waals surface area contributed by atoms with Crippen LogP contribution in [-0.2, 0) is 0 Å². The number of ether oxygens (including phenoxy) is 1. The molecule has 20 heavy (non-hydrogen) atoms. The van der Waals surface area contributed by atoms with Crippen LogP contribution in [-0.4, -0.2) is 0 Å². The van der Waals surface area contributed by atoms with Gasteiger partial charge < -0.3 is 10.5 Å². The Morgan fingerprint density at radius 3 is 2.35 bits per heavy atom. The number of benzene rings is 2. The van der Waals surface area contributed by atoms with E-state index in [-0.39, 0.29) is 0 Å². The Hall–Kier alpha value is -2.22. The first-order valence-corrected chi connectivity index (χ1v) is 6.90. The molecule has 0 aliphatic heterocycles. The minimum absolute atomic E-state index is 0.821. The van der Waals surface area contributed by atoms with Crippen molar-refractivity contribution in [2.24, 2.45) is 5.73 Å². The third-order valence-electron chi connectivity index (χ3n) is 3.38. The lowest BCUT2D eigenvalue weighted by molar-refractivity contribution is 0.482. The number of hydrogen-bond donors (Lipinski definition) is 1. The SMILES string of the molecule is CC/C(C)=C(\N)c1ccc(Oc2cccc(C)c2)cc1. The number of rotatable bonds is 4. The van der Waals surface area contributed by atoms with Crippen LogP contribution in [0.25, 0.3) is 5.70 Å². The molecule has 2 heteroatoms. The molecule has 0 aliphatic carbocycles. The molecule has 0 atom stereocenters. The van der Waals surface area contributed by atoms with Gasteiger partial charge in [0, 0.05) is 5.70 Å². The van der Waals surface area contributed by atoms with Crippen LogP contribution in [0.2, 0.25) is 0 Å². The molecular formula is C18H21NO. The van der Waals surface area contributed by atoms with Crippen molar-refractivity contribution in [2.45, 2.75) is 27.2 Å². The Balaban J connectivity index is 2.17. The van der Waals surface area contributed by atoms with Gasteiger partial charge in [0.25, 0.3) is 0 Å². The lowest BCUT2D eigenvalue weighted by atomic mass is 10.1. The Morgan fingerprint density at radius 2 is 1.75 bits per heavy atom. The second kappa shape index (κ2) is 6.29. The molecule has 2 rings (SSSR count). The van der Waals surface area contributed by atoms with E-state index in [9.17, 15) is 0 Å². The molecule has 0 radical (unpaired) electrons. The van der Waals surface area contributed by atoms with E-state index in [1.165, 1.54) is 11.1 Å². The van der Waals surface area contributed by atoms with Crippen LogP contribution >= 0.6 is 0 Å². The van der Waals surface area contributed by atoms with Crippen LogP contribution in [0.1, 0.15) is 31.4 Å². The Bertz CT molecular complexity index is 612. The van der Waals surface area contributed by atoms with Gasteiger partial charge in [0.15, 0.2) is 0 Å². The maximum absolute atomic E-state index is 6.11. The van der Waals surface area contributed by atoms with Gasteiger partial charge in [-0.1, -0.05) is 24.6 Å². The number of hydrogen-bond acceptors (Lipinski definition) is 2. The van der Waals surface area contributed by atoms with Crippen molar-refractivity contribution in [3.05, 3.63) is 65.2 Å². The highest BCUT2D eigenvalue weighted by Crippen LogP contribution is 2.24. The molecule has 2 N–H and O–H groups in total. The summed E-state index contributed by atoms with van der Waals surface area (Å²) in [6, 6.07) is 15.9. The summed E-state index contributed by atoms with van der Waals surface area (Å²) in [5.74, 6) is 1.67. The van der Waals surface area contributed by atoms with Crippen molar-refractivity contribution in [3.63, 3.8) is 0 Å². The highest BCUT2D eigenvalue weighted by atomic mass is 16.5. The van der Waals surface area contributed by atoms with Gasteiger partial charge in [0.1, 0.15) is 11.5 Å². The number of aryl methyl sites for hydroxylation is 1. The van der Waals surface area contributed by atoms with E-state index >= 15 is 0 Å². The van der Waals surface area contributed by atoms with E-state index in [0.717, 1.165) is 29.2 Å². The average molecular weight is 267 g/mol. The zero-order valence-corrected chi connectivity index (χ0v) is 12.3. The van der Waals surface area contributed by atoms with Gasteiger partial charge >= 0.3 is 0 Å². The summed E-state index contributed by atoms with van der Waals surface area (Å²) in [6.45, 7) is 6.22. The molecule has 0 aromatic heterocycles. The summed E-state index contributed by atoms with van der Waals surface area (Å²) in [5, 5.41) is 0. The van der Waals surface area contributed by atoms with E-state index in [2.05, 4.69) is 26.8 Å². The molecule has 2 aromatic rings. The van der Waals surface area contributed by atoms with E-state index in [0.29, 0.717) is 0 Å². The van der Waals surface area contributed by atoms with Crippen molar-refractivity contribution >= 4 is 5.70 Å². The first kappa shape index (κ1) is 14.2. The molecule has 104 valence electrons. The second-order valence-corrected chi connectivity index (χ2v) is 4.99. The van der Waals surface area contributed by atoms with Gasteiger partial charge in [-0.2, -0.15) is 0 Å². The third-order valence-corrected chi connectivity index (χ3v) is 3.38. The molecule has 0 spiro atoms. The van der Waals surface area contributed by atoms with Crippen molar-refractivity contribution in [2.75, 3.05) is 0 Å². The molecule has 0 saturated heterocycles. The normalized spacial score (nSPS) is 11.9. The molecular weight excluding hydrogens is 246 g/mol. The lowest BCUT2D eigenvalue weighted by Gasteiger charge is -2.09. The Labute approximate surface area is 120 Å². The van der Waals surface area contributed by atoms with Crippen LogP contribution < -0.4 is 10.5 Å². The van der Waals surface area contributed by atoms with Crippen molar-refractivity contribution in [1.29, 1.82) is 0 Å². The fraction of sp³-hybridized carbons (Fsp3) is 0.222. The molecule has 0 bridgehead atoms. The monoisotopic (exact) mass is 267 g/mol. The summed E-state index contributed by atoms with van der Waals surface area (Å²) in [5.41, 5.74) is 10.4. The fourth-order valence-corrected chi connectivity index (χ4v) is 1.95. The van der Waals surface area contributed by atoms with Gasteiger partial charge in [-0.25, -0.2) is 0 Å². The zero-order chi connectivity index (χ0) is 14.5. The minimum Gasteiger partial charge on any atom is -0.457 e. The molecule has 0 saturated carbocycles. The summed E-state index contributed by atoms with van der Waals surface area (Å²) < 4.78 is 5.82. The number of nitrogens with two attached hydrogens (primary N) is 1. The van der Waals surface area contributed by atoms with Gasteiger partial charge in [0.2, 0.25) is 0 Å². The molecule has 0 fully saturated rings. The number of allylic oxidation sites excluding steroid dienone is 1. The van der Waals surface area contributed by atoms with Crippen molar-refractivity contribution < 1.29 is 4.74 Å². The molecule has 0 aliphatic rings.